The van der Waals surface area contributed by atoms with E-state index in [0.717, 1.165) is 18.7 Å². The zero-order valence-corrected chi connectivity index (χ0v) is 10.9. The Morgan fingerprint density at radius 3 is 2.56 bits per heavy atom. The second kappa shape index (κ2) is 7.71. The molecule has 0 aliphatic heterocycles. The van der Waals surface area contributed by atoms with Crippen LogP contribution in [0.15, 0.2) is 29.2 Å². The van der Waals surface area contributed by atoms with Gasteiger partial charge in [-0.05, 0) is 37.6 Å². The van der Waals surface area contributed by atoms with Gasteiger partial charge in [0.1, 0.15) is 0 Å². The largest absolute Gasteiger partial charge is 0.396 e. The van der Waals surface area contributed by atoms with Crippen molar-refractivity contribution in [2.45, 2.75) is 31.2 Å². The van der Waals surface area contributed by atoms with Crippen molar-refractivity contribution < 1.29 is 5.11 Å². The highest BCUT2D eigenvalue weighted by atomic mass is 32.2. The van der Waals surface area contributed by atoms with Crippen LogP contribution in [0.3, 0.4) is 0 Å². The molecule has 0 radical (unpaired) electrons. The van der Waals surface area contributed by atoms with Gasteiger partial charge < -0.3 is 10.4 Å². The highest BCUT2D eigenvalue weighted by Gasteiger charge is 2.02. The number of nitrogens with one attached hydrogen (secondary N) is 1. The molecular formula is C13H21NOS. The van der Waals surface area contributed by atoms with Crippen molar-refractivity contribution in [2.75, 3.05) is 18.9 Å². The minimum atomic E-state index is 0.280. The molecule has 2 nitrogen and oxygen atoms in total. The van der Waals surface area contributed by atoms with Crippen LogP contribution < -0.4 is 5.32 Å². The Kier molecular flexibility index (Phi) is 6.53. The van der Waals surface area contributed by atoms with Crippen LogP contribution in [-0.2, 0) is 0 Å². The van der Waals surface area contributed by atoms with E-state index < -0.39 is 0 Å². The van der Waals surface area contributed by atoms with E-state index >= 15 is 0 Å². The van der Waals surface area contributed by atoms with E-state index in [1.54, 1.807) is 11.8 Å². The third kappa shape index (κ3) is 4.56. The number of aliphatic hydroxyl groups is 1. The Hall–Kier alpha value is -0.510. The third-order valence-corrected chi connectivity index (χ3v) is 3.56. The van der Waals surface area contributed by atoms with Gasteiger partial charge in [-0.2, -0.15) is 0 Å². The summed E-state index contributed by atoms with van der Waals surface area (Å²) in [5.41, 5.74) is 1.33. The van der Waals surface area contributed by atoms with Crippen molar-refractivity contribution in [3.63, 3.8) is 0 Å². The van der Waals surface area contributed by atoms with Gasteiger partial charge in [-0.15, -0.1) is 11.8 Å². The Balaban J connectivity index is 2.47. The molecule has 3 heteroatoms. The van der Waals surface area contributed by atoms with Gasteiger partial charge in [0.05, 0.1) is 0 Å². The predicted octanol–water partition coefficient (Wildman–Crippen LogP) is 2.83. The average molecular weight is 239 g/mol. The molecule has 0 aliphatic carbocycles. The topological polar surface area (TPSA) is 32.3 Å². The normalized spacial score (nSPS) is 12.7. The van der Waals surface area contributed by atoms with Crippen LogP contribution in [0.2, 0.25) is 0 Å². The number of thioether (sulfide) groups is 1. The van der Waals surface area contributed by atoms with Crippen molar-refractivity contribution >= 4 is 11.8 Å². The quantitative estimate of drug-likeness (QED) is 0.567. The molecule has 1 atom stereocenters. The van der Waals surface area contributed by atoms with Crippen LogP contribution in [0.5, 0.6) is 0 Å². The van der Waals surface area contributed by atoms with Gasteiger partial charge in [0.15, 0.2) is 0 Å². The molecule has 0 spiro atoms. The molecular weight excluding hydrogens is 218 g/mol. The number of aliphatic hydroxyl groups excluding tert-OH is 1. The fourth-order valence-electron chi connectivity index (χ4n) is 1.53. The molecule has 0 aromatic heterocycles. The summed E-state index contributed by atoms with van der Waals surface area (Å²) < 4.78 is 0. The van der Waals surface area contributed by atoms with Crippen LogP contribution in [0.1, 0.15) is 31.9 Å². The van der Waals surface area contributed by atoms with Crippen molar-refractivity contribution in [2.24, 2.45) is 0 Å². The molecule has 1 aromatic rings. The Labute approximate surface area is 102 Å². The first kappa shape index (κ1) is 13.6. The van der Waals surface area contributed by atoms with E-state index in [-0.39, 0.29) is 6.61 Å². The first-order valence-corrected chi connectivity index (χ1v) is 6.83. The van der Waals surface area contributed by atoms with E-state index in [2.05, 4.69) is 43.4 Å². The van der Waals surface area contributed by atoms with Crippen LogP contribution >= 0.6 is 11.8 Å². The first-order valence-electron chi connectivity index (χ1n) is 5.85. The minimum absolute atomic E-state index is 0.280. The summed E-state index contributed by atoms with van der Waals surface area (Å²) in [6.07, 6.45) is 0.861. The number of benzene rings is 1. The molecule has 0 aliphatic rings. The molecule has 1 aromatic carbocycles. The van der Waals surface area contributed by atoms with Crippen molar-refractivity contribution in [1.82, 2.24) is 5.32 Å². The van der Waals surface area contributed by atoms with E-state index in [1.807, 2.05) is 0 Å². The van der Waals surface area contributed by atoms with Crippen molar-refractivity contribution in [3.05, 3.63) is 29.8 Å². The van der Waals surface area contributed by atoms with Gasteiger partial charge in [-0.3, -0.25) is 0 Å². The van der Waals surface area contributed by atoms with Crippen LogP contribution in [0.25, 0.3) is 0 Å². The molecule has 0 heterocycles. The maximum absolute atomic E-state index is 8.70. The number of rotatable bonds is 7. The summed E-state index contributed by atoms with van der Waals surface area (Å²) in [6, 6.07) is 9.08. The summed E-state index contributed by atoms with van der Waals surface area (Å²) in [5, 5.41) is 12.1. The maximum atomic E-state index is 8.70. The van der Waals surface area contributed by atoms with Gasteiger partial charge in [0, 0.05) is 23.3 Å². The van der Waals surface area contributed by atoms with E-state index in [9.17, 15) is 0 Å². The molecule has 90 valence electrons. The van der Waals surface area contributed by atoms with Crippen LogP contribution in [-0.4, -0.2) is 24.0 Å². The molecule has 16 heavy (non-hydrogen) atoms. The van der Waals surface area contributed by atoms with E-state index in [0.29, 0.717) is 6.04 Å². The van der Waals surface area contributed by atoms with Crippen LogP contribution in [0, 0.1) is 0 Å². The zero-order chi connectivity index (χ0) is 11.8. The van der Waals surface area contributed by atoms with Gasteiger partial charge in [0.25, 0.3) is 0 Å². The molecule has 0 amide bonds. The minimum Gasteiger partial charge on any atom is -0.396 e. The third-order valence-electron chi connectivity index (χ3n) is 2.46. The van der Waals surface area contributed by atoms with E-state index in [1.165, 1.54) is 10.5 Å². The highest BCUT2D eigenvalue weighted by Crippen LogP contribution is 2.21. The summed E-state index contributed by atoms with van der Waals surface area (Å²) in [4.78, 5) is 1.28. The second-order valence-electron chi connectivity index (χ2n) is 3.77. The lowest BCUT2D eigenvalue weighted by Crippen LogP contribution is -2.17. The molecule has 1 rings (SSSR count). The lowest BCUT2D eigenvalue weighted by Gasteiger charge is -2.12. The van der Waals surface area contributed by atoms with Gasteiger partial charge in [-0.25, -0.2) is 0 Å². The molecule has 1 unspecified atom stereocenters. The number of hydrogen-bond acceptors (Lipinski definition) is 3. The summed E-state index contributed by atoms with van der Waals surface area (Å²) in [5.74, 6) is 0.985. The number of hydrogen-bond donors (Lipinski definition) is 2. The summed E-state index contributed by atoms with van der Waals surface area (Å²) in [7, 11) is 0. The van der Waals surface area contributed by atoms with Gasteiger partial charge >= 0.3 is 0 Å². The first-order chi connectivity index (χ1) is 7.77. The molecule has 0 saturated heterocycles. The highest BCUT2D eigenvalue weighted by molar-refractivity contribution is 7.99. The standard InChI is InChI=1S/C13H21NOS/c1-3-14-11(2)12-5-7-13(8-6-12)16-10-4-9-15/h5-8,11,14-15H,3-4,9-10H2,1-2H3. The Bertz CT molecular complexity index is 286. The average Bonchev–Trinajstić information content (AvgIpc) is 2.30. The van der Waals surface area contributed by atoms with Crippen molar-refractivity contribution in [1.29, 1.82) is 0 Å². The van der Waals surface area contributed by atoms with Gasteiger partial charge in [-0.1, -0.05) is 19.1 Å². The van der Waals surface area contributed by atoms with E-state index in [4.69, 9.17) is 5.11 Å². The van der Waals surface area contributed by atoms with Crippen LogP contribution in [0.4, 0.5) is 0 Å². The fourth-order valence-corrected chi connectivity index (χ4v) is 2.37. The monoisotopic (exact) mass is 239 g/mol. The molecule has 0 bridgehead atoms. The molecule has 2 N–H and O–H groups in total. The SMILES string of the molecule is CCNC(C)c1ccc(SCCCO)cc1. The summed E-state index contributed by atoms with van der Waals surface area (Å²) >= 11 is 1.80. The lowest BCUT2D eigenvalue weighted by molar-refractivity contribution is 0.296. The summed E-state index contributed by atoms with van der Waals surface area (Å²) in [6.45, 7) is 5.57. The Morgan fingerprint density at radius 1 is 1.31 bits per heavy atom. The second-order valence-corrected chi connectivity index (χ2v) is 4.94. The molecule has 0 fully saturated rings. The fraction of sp³-hybridized carbons (Fsp3) is 0.538. The molecule has 0 saturated carbocycles. The zero-order valence-electron chi connectivity index (χ0n) is 10.1. The Morgan fingerprint density at radius 2 is 2.00 bits per heavy atom. The predicted molar refractivity (Wildman–Crippen MR) is 71.0 cm³/mol. The van der Waals surface area contributed by atoms with Crippen molar-refractivity contribution in [3.8, 4) is 0 Å². The smallest absolute Gasteiger partial charge is 0.0439 e. The maximum Gasteiger partial charge on any atom is 0.0439 e. The van der Waals surface area contributed by atoms with Gasteiger partial charge in [0.2, 0.25) is 0 Å². The lowest BCUT2D eigenvalue weighted by atomic mass is 10.1.